The van der Waals surface area contributed by atoms with Gasteiger partial charge in [-0.05, 0) is 25.0 Å². The third kappa shape index (κ3) is 2.09. The third-order valence-corrected chi connectivity index (χ3v) is 3.77. The number of aliphatic imine (C=N–C) groups is 1. The van der Waals surface area contributed by atoms with E-state index in [0.717, 1.165) is 17.1 Å². The van der Waals surface area contributed by atoms with Crippen LogP contribution in [0.5, 0.6) is 11.5 Å². The second kappa shape index (κ2) is 4.64. The summed E-state index contributed by atoms with van der Waals surface area (Å²) in [6.07, 6.45) is 2.40. The van der Waals surface area contributed by atoms with Gasteiger partial charge in [0.1, 0.15) is 11.5 Å². The van der Waals surface area contributed by atoms with Gasteiger partial charge < -0.3 is 20.1 Å². The Bertz CT molecular complexity index is 511. The van der Waals surface area contributed by atoms with Gasteiger partial charge in [0, 0.05) is 17.7 Å². The van der Waals surface area contributed by atoms with E-state index in [4.69, 9.17) is 15.2 Å². The molecule has 5 heteroatoms. The fraction of sp³-hybridized carbons (Fsp3) is 0.500. The van der Waals surface area contributed by atoms with E-state index in [1.165, 1.54) is 12.8 Å². The molecule has 0 bridgehead atoms. The van der Waals surface area contributed by atoms with Crippen molar-refractivity contribution in [3.05, 3.63) is 23.8 Å². The number of nitrogens with zero attached hydrogens (tertiary/aromatic N) is 2. The van der Waals surface area contributed by atoms with E-state index >= 15 is 0 Å². The van der Waals surface area contributed by atoms with Gasteiger partial charge in [0.25, 0.3) is 0 Å². The lowest BCUT2D eigenvalue weighted by molar-refractivity contribution is 0.321. The Balaban J connectivity index is 1.93. The predicted molar refractivity (Wildman–Crippen MR) is 73.6 cm³/mol. The van der Waals surface area contributed by atoms with Crippen LogP contribution in [0.4, 0.5) is 0 Å². The van der Waals surface area contributed by atoms with Crippen molar-refractivity contribution in [2.75, 3.05) is 20.8 Å². The molecule has 0 amide bonds. The van der Waals surface area contributed by atoms with Crippen molar-refractivity contribution in [2.24, 2.45) is 10.7 Å². The van der Waals surface area contributed by atoms with Gasteiger partial charge in [0.2, 0.25) is 0 Å². The van der Waals surface area contributed by atoms with E-state index in [-0.39, 0.29) is 6.04 Å². The van der Waals surface area contributed by atoms with Crippen LogP contribution in [0.3, 0.4) is 0 Å². The zero-order chi connectivity index (χ0) is 13.4. The molecule has 1 aromatic rings. The fourth-order valence-electron chi connectivity index (χ4n) is 2.65. The molecular formula is C14H19N3O2. The summed E-state index contributed by atoms with van der Waals surface area (Å²) < 4.78 is 10.7. The standard InChI is InChI=1S/C14H19N3O2/c1-18-10-5-6-11(13(7-10)19-2)12-8-16-14(15)17(12)9-3-4-9/h5-7,9,12H,3-4,8H2,1-2H3,(H2,15,16). The average Bonchev–Trinajstić information content (AvgIpc) is 3.21. The first-order valence-corrected chi connectivity index (χ1v) is 6.54. The first kappa shape index (κ1) is 12.1. The number of hydrogen-bond donors (Lipinski definition) is 1. The van der Waals surface area contributed by atoms with Crippen LogP contribution in [-0.2, 0) is 0 Å². The molecule has 1 aromatic carbocycles. The van der Waals surface area contributed by atoms with Gasteiger partial charge in [0.15, 0.2) is 5.96 Å². The van der Waals surface area contributed by atoms with Crippen molar-refractivity contribution in [1.82, 2.24) is 4.90 Å². The molecule has 1 fully saturated rings. The van der Waals surface area contributed by atoms with E-state index < -0.39 is 0 Å². The molecule has 3 rings (SSSR count). The monoisotopic (exact) mass is 261 g/mol. The molecule has 5 nitrogen and oxygen atoms in total. The molecule has 1 aliphatic carbocycles. The van der Waals surface area contributed by atoms with E-state index in [9.17, 15) is 0 Å². The zero-order valence-electron chi connectivity index (χ0n) is 11.3. The minimum absolute atomic E-state index is 0.188. The number of hydrogen-bond acceptors (Lipinski definition) is 5. The molecular weight excluding hydrogens is 242 g/mol. The van der Waals surface area contributed by atoms with Crippen LogP contribution >= 0.6 is 0 Å². The quantitative estimate of drug-likeness (QED) is 0.893. The molecule has 102 valence electrons. The van der Waals surface area contributed by atoms with E-state index in [1.54, 1.807) is 14.2 Å². The highest BCUT2D eigenvalue weighted by Crippen LogP contribution is 2.40. The first-order valence-electron chi connectivity index (χ1n) is 6.54. The molecule has 0 radical (unpaired) electrons. The van der Waals surface area contributed by atoms with Crippen molar-refractivity contribution >= 4 is 5.96 Å². The molecule has 1 atom stereocenters. The second-order valence-corrected chi connectivity index (χ2v) is 4.96. The van der Waals surface area contributed by atoms with Crippen molar-refractivity contribution in [2.45, 2.75) is 24.9 Å². The predicted octanol–water partition coefficient (Wildman–Crippen LogP) is 1.54. The largest absolute Gasteiger partial charge is 0.497 e. The number of nitrogens with two attached hydrogens (primary N) is 1. The molecule has 1 saturated carbocycles. The van der Waals surface area contributed by atoms with Crippen LogP contribution in [0.2, 0.25) is 0 Å². The van der Waals surface area contributed by atoms with Crippen LogP contribution in [-0.4, -0.2) is 37.7 Å². The fourth-order valence-corrected chi connectivity index (χ4v) is 2.65. The second-order valence-electron chi connectivity index (χ2n) is 4.96. The molecule has 0 spiro atoms. The number of ether oxygens (including phenoxy) is 2. The van der Waals surface area contributed by atoms with Gasteiger partial charge in [-0.3, -0.25) is 4.99 Å². The van der Waals surface area contributed by atoms with Crippen molar-refractivity contribution in [1.29, 1.82) is 0 Å². The minimum atomic E-state index is 0.188. The molecule has 1 aliphatic heterocycles. The number of benzene rings is 1. The Morgan fingerprint density at radius 3 is 2.68 bits per heavy atom. The van der Waals surface area contributed by atoms with E-state index in [0.29, 0.717) is 18.5 Å². The summed E-state index contributed by atoms with van der Waals surface area (Å²) in [6, 6.07) is 6.65. The van der Waals surface area contributed by atoms with Crippen LogP contribution in [0.1, 0.15) is 24.4 Å². The maximum absolute atomic E-state index is 6.01. The van der Waals surface area contributed by atoms with E-state index in [1.807, 2.05) is 18.2 Å². The van der Waals surface area contributed by atoms with Gasteiger partial charge >= 0.3 is 0 Å². The first-order chi connectivity index (χ1) is 9.24. The molecule has 2 N–H and O–H groups in total. The van der Waals surface area contributed by atoms with Gasteiger partial charge in [-0.15, -0.1) is 0 Å². The normalized spacial score (nSPS) is 22.3. The Morgan fingerprint density at radius 2 is 2.05 bits per heavy atom. The lowest BCUT2D eigenvalue weighted by Gasteiger charge is -2.27. The topological polar surface area (TPSA) is 60.1 Å². The Hall–Kier alpha value is -1.91. The maximum Gasteiger partial charge on any atom is 0.192 e. The number of rotatable bonds is 4. The number of guanidine groups is 1. The highest BCUT2D eigenvalue weighted by atomic mass is 16.5. The molecule has 0 aromatic heterocycles. The SMILES string of the molecule is COc1ccc(C2CN=C(N)N2C2CC2)c(OC)c1. The highest BCUT2D eigenvalue weighted by Gasteiger charge is 2.39. The molecule has 2 aliphatic rings. The van der Waals surface area contributed by atoms with Crippen molar-refractivity contribution in [3.8, 4) is 11.5 Å². The van der Waals surface area contributed by atoms with Gasteiger partial charge in [-0.25, -0.2) is 0 Å². The lowest BCUT2D eigenvalue weighted by atomic mass is 10.0. The highest BCUT2D eigenvalue weighted by molar-refractivity contribution is 5.81. The lowest BCUT2D eigenvalue weighted by Crippen LogP contribution is -2.37. The summed E-state index contributed by atoms with van der Waals surface area (Å²) in [7, 11) is 3.33. The minimum Gasteiger partial charge on any atom is -0.497 e. The summed E-state index contributed by atoms with van der Waals surface area (Å²) in [5.74, 6) is 2.29. The average molecular weight is 261 g/mol. The van der Waals surface area contributed by atoms with Crippen molar-refractivity contribution in [3.63, 3.8) is 0 Å². The summed E-state index contributed by atoms with van der Waals surface area (Å²) in [5, 5.41) is 0. The molecule has 0 saturated heterocycles. The van der Waals surface area contributed by atoms with Crippen molar-refractivity contribution < 1.29 is 9.47 Å². The Labute approximate surface area is 113 Å². The summed E-state index contributed by atoms with van der Waals surface area (Å²) in [6.45, 7) is 0.699. The maximum atomic E-state index is 6.01. The summed E-state index contributed by atoms with van der Waals surface area (Å²) in [5.41, 5.74) is 7.13. The zero-order valence-corrected chi connectivity index (χ0v) is 11.3. The number of methoxy groups -OCH3 is 2. The smallest absolute Gasteiger partial charge is 0.192 e. The molecule has 1 unspecified atom stereocenters. The molecule has 1 heterocycles. The van der Waals surface area contributed by atoms with Crippen LogP contribution < -0.4 is 15.2 Å². The van der Waals surface area contributed by atoms with Gasteiger partial charge in [-0.2, -0.15) is 0 Å². The Kier molecular flexibility index (Phi) is 2.97. The van der Waals surface area contributed by atoms with Crippen LogP contribution in [0, 0.1) is 0 Å². The van der Waals surface area contributed by atoms with Gasteiger partial charge in [0.05, 0.1) is 26.8 Å². The third-order valence-electron chi connectivity index (χ3n) is 3.77. The van der Waals surface area contributed by atoms with Crippen LogP contribution in [0.25, 0.3) is 0 Å². The Morgan fingerprint density at radius 1 is 1.26 bits per heavy atom. The molecule has 19 heavy (non-hydrogen) atoms. The van der Waals surface area contributed by atoms with Crippen LogP contribution in [0.15, 0.2) is 23.2 Å². The summed E-state index contributed by atoms with van der Waals surface area (Å²) in [4.78, 5) is 6.61. The van der Waals surface area contributed by atoms with Gasteiger partial charge in [-0.1, -0.05) is 0 Å². The van der Waals surface area contributed by atoms with E-state index in [2.05, 4.69) is 9.89 Å². The summed E-state index contributed by atoms with van der Waals surface area (Å²) >= 11 is 0.